The minimum Gasteiger partial charge on any atom is -0.315 e. The van der Waals surface area contributed by atoms with Crippen LogP contribution in [0, 0.1) is 0 Å². The van der Waals surface area contributed by atoms with Gasteiger partial charge in [-0.15, -0.1) is 0 Å². The van der Waals surface area contributed by atoms with Crippen molar-refractivity contribution in [3.8, 4) is 0 Å². The van der Waals surface area contributed by atoms with Gasteiger partial charge >= 0.3 is 0 Å². The molecule has 2 aliphatic rings. The maximum Gasteiger partial charge on any atom is 0.0625 e. The predicted octanol–water partition coefficient (Wildman–Crippen LogP) is 1.11. The average Bonchev–Trinajstić information content (AvgIpc) is 2.55. The molecule has 3 heteroatoms. The molecule has 3 nitrogen and oxygen atoms in total. The van der Waals surface area contributed by atoms with Crippen LogP contribution in [0.4, 0.5) is 0 Å². The Morgan fingerprint density at radius 2 is 1.93 bits per heavy atom. The minimum absolute atomic E-state index is 0.703. The normalized spacial score (nSPS) is 31.0. The zero-order valence-corrected chi connectivity index (χ0v) is 10.2. The summed E-state index contributed by atoms with van der Waals surface area (Å²) in [6, 6.07) is 0.703. The average molecular weight is 211 g/mol. The maximum absolute atomic E-state index is 3.48. The molecule has 2 fully saturated rings. The Labute approximate surface area is 93.8 Å². The number of hydrogen-bond acceptors (Lipinski definition) is 3. The highest BCUT2D eigenvalue weighted by Gasteiger charge is 2.31. The van der Waals surface area contributed by atoms with Crippen LogP contribution in [0.2, 0.25) is 0 Å². The third kappa shape index (κ3) is 2.71. The fourth-order valence-corrected chi connectivity index (χ4v) is 2.93. The smallest absolute Gasteiger partial charge is 0.0625 e. The lowest BCUT2D eigenvalue weighted by atomic mass is 10.2. The molecular formula is C12H25N3. The molecule has 2 saturated heterocycles. The lowest BCUT2D eigenvalue weighted by molar-refractivity contribution is 0.0586. The fraction of sp³-hybridized carbons (Fsp3) is 1.00. The molecule has 2 rings (SSSR count). The Morgan fingerprint density at radius 3 is 2.73 bits per heavy atom. The van der Waals surface area contributed by atoms with Crippen LogP contribution in [-0.2, 0) is 0 Å². The summed E-state index contributed by atoms with van der Waals surface area (Å²) >= 11 is 0. The van der Waals surface area contributed by atoms with Crippen LogP contribution in [0.3, 0.4) is 0 Å². The largest absolute Gasteiger partial charge is 0.315 e. The van der Waals surface area contributed by atoms with Gasteiger partial charge in [-0.3, -0.25) is 9.80 Å². The first-order valence-corrected chi connectivity index (χ1v) is 6.49. The molecule has 0 bridgehead atoms. The molecule has 0 radical (unpaired) electrons. The van der Waals surface area contributed by atoms with Gasteiger partial charge in [0.2, 0.25) is 0 Å². The Kier molecular flexibility index (Phi) is 4.00. The molecular weight excluding hydrogens is 186 g/mol. The van der Waals surface area contributed by atoms with Crippen LogP contribution in [0.25, 0.3) is 0 Å². The Morgan fingerprint density at radius 1 is 1.07 bits per heavy atom. The highest BCUT2D eigenvalue weighted by molar-refractivity contribution is 4.83. The highest BCUT2D eigenvalue weighted by Crippen LogP contribution is 2.23. The Hall–Kier alpha value is -0.120. The SMILES string of the molecule is CC(C)N1CCCC1N1CCCNCC1. The van der Waals surface area contributed by atoms with E-state index in [0.29, 0.717) is 6.04 Å². The second-order valence-electron chi connectivity index (χ2n) is 5.09. The molecule has 2 heterocycles. The monoisotopic (exact) mass is 211 g/mol. The number of nitrogens with one attached hydrogen (secondary N) is 1. The van der Waals surface area contributed by atoms with Crippen LogP contribution < -0.4 is 5.32 Å². The summed E-state index contributed by atoms with van der Waals surface area (Å²) in [7, 11) is 0. The van der Waals surface area contributed by atoms with E-state index in [1.807, 2.05) is 0 Å². The van der Waals surface area contributed by atoms with Crippen molar-refractivity contribution in [3.63, 3.8) is 0 Å². The molecule has 1 unspecified atom stereocenters. The van der Waals surface area contributed by atoms with Crippen LogP contribution in [0.15, 0.2) is 0 Å². The summed E-state index contributed by atoms with van der Waals surface area (Å²) in [6.07, 6.45) is 4.79. The molecule has 2 aliphatic heterocycles. The van der Waals surface area contributed by atoms with Crippen LogP contribution in [0.1, 0.15) is 33.1 Å². The van der Waals surface area contributed by atoms with E-state index in [9.17, 15) is 0 Å². The van der Waals surface area contributed by atoms with Gasteiger partial charge in [0.05, 0.1) is 6.17 Å². The minimum atomic E-state index is 0.703. The highest BCUT2D eigenvalue weighted by atomic mass is 15.4. The molecule has 88 valence electrons. The van der Waals surface area contributed by atoms with E-state index in [0.717, 1.165) is 6.17 Å². The number of hydrogen-bond donors (Lipinski definition) is 1. The van der Waals surface area contributed by atoms with Gasteiger partial charge in [0, 0.05) is 32.2 Å². The Bertz CT molecular complexity index is 185. The number of likely N-dealkylation sites (tertiary alicyclic amines) is 1. The van der Waals surface area contributed by atoms with Crippen molar-refractivity contribution in [2.24, 2.45) is 0 Å². The van der Waals surface area contributed by atoms with Crippen molar-refractivity contribution in [3.05, 3.63) is 0 Å². The molecule has 0 aromatic carbocycles. The fourth-order valence-electron chi connectivity index (χ4n) is 2.93. The zero-order valence-electron chi connectivity index (χ0n) is 10.2. The van der Waals surface area contributed by atoms with Crippen LogP contribution in [-0.4, -0.2) is 54.7 Å². The third-order valence-corrected chi connectivity index (χ3v) is 3.72. The molecule has 1 N–H and O–H groups in total. The second kappa shape index (κ2) is 5.28. The van der Waals surface area contributed by atoms with Gasteiger partial charge in [0.1, 0.15) is 0 Å². The van der Waals surface area contributed by atoms with Gasteiger partial charge < -0.3 is 5.32 Å². The van der Waals surface area contributed by atoms with E-state index < -0.39 is 0 Å². The molecule has 0 amide bonds. The van der Waals surface area contributed by atoms with Crippen molar-refractivity contribution in [2.75, 3.05) is 32.7 Å². The van der Waals surface area contributed by atoms with Crippen molar-refractivity contribution in [1.82, 2.24) is 15.1 Å². The first kappa shape index (κ1) is 11.4. The topological polar surface area (TPSA) is 18.5 Å². The number of nitrogens with zero attached hydrogens (tertiary/aromatic N) is 2. The van der Waals surface area contributed by atoms with Gasteiger partial charge in [0.25, 0.3) is 0 Å². The van der Waals surface area contributed by atoms with Crippen molar-refractivity contribution in [2.45, 2.75) is 45.3 Å². The van der Waals surface area contributed by atoms with Crippen LogP contribution in [0.5, 0.6) is 0 Å². The molecule has 15 heavy (non-hydrogen) atoms. The van der Waals surface area contributed by atoms with E-state index in [4.69, 9.17) is 0 Å². The van der Waals surface area contributed by atoms with Gasteiger partial charge in [0.15, 0.2) is 0 Å². The van der Waals surface area contributed by atoms with E-state index in [2.05, 4.69) is 29.0 Å². The Balaban J connectivity index is 1.95. The summed E-state index contributed by atoms with van der Waals surface area (Å²) < 4.78 is 0. The quantitative estimate of drug-likeness (QED) is 0.738. The molecule has 0 saturated carbocycles. The van der Waals surface area contributed by atoms with Gasteiger partial charge in [-0.05, 0) is 39.7 Å². The lowest BCUT2D eigenvalue weighted by Gasteiger charge is -2.36. The summed E-state index contributed by atoms with van der Waals surface area (Å²) in [5, 5.41) is 3.48. The first-order chi connectivity index (χ1) is 7.29. The van der Waals surface area contributed by atoms with Gasteiger partial charge in [-0.1, -0.05) is 0 Å². The molecule has 0 aromatic rings. The second-order valence-corrected chi connectivity index (χ2v) is 5.09. The van der Waals surface area contributed by atoms with Crippen molar-refractivity contribution < 1.29 is 0 Å². The van der Waals surface area contributed by atoms with Crippen molar-refractivity contribution in [1.29, 1.82) is 0 Å². The van der Waals surface area contributed by atoms with E-state index >= 15 is 0 Å². The van der Waals surface area contributed by atoms with E-state index in [1.165, 1.54) is 52.0 Å². The summed E-state index contributed by atoms with van der Waals surface area (Å²) in [6.45, 7) is 10.8. The van der Waals surface area contributed by atoms with Crippen LogP contribution >= 0.6 is 0 Å². The van der Waals surface area contributed by atoms with Gasteiger partial charge in [-0.25, -0.2) is 0 Å². The molecule has 0 aliphatic carbocycles. The maximum atomic E-state index is 3.48. The van der Waals surface area contributed by atoms with Gasteiger partial charge in [-0.2, -0.15) is 0 Å². The summed E-state index contributed by atoms with van der Waals surface area (Å²) in [5.41, 5.74) is 0. The predicted molar refractivity (Wildman–Crippen MR) is 63.9 cm³/mol. The number of rotatable bonds is 2. The molecule has 0 spiro atoms. The standard InChI is InChI=1S/C12H25N3/c1-11(2)15-9-3-5-12(15)14-8-4-6-13-7-10-14/h11-13H,3-10H2,1-2H3. The third-order valence-electron chi connectivity index (χ3n) is 3.72. The first-order valence-electron chi connectivity index (χ1n) is 6.49. The van der Waals surface area contributed by atoms with E-state index in [-0.39, 0.29) is 0 Å². The summed E-state index contributed by atoms with van der Waals surface area (Å²) in [5.74, 6) is 0. The van der Waals surface area contributed by atoms with Crippen molar-refractivity contribution >= 4 is 0 Å². The zero-order chi connectivity index (χ0) is 10.7. The molecule has 0 aromatic heterocycles. The lowest BCUT2D eigenvalue weighted by Crippen LogP contribution is -2.48. The summed E-state index contributed by atoms with van der Waals surface area (Å²) in [4.78, 5) is 5.36. The molecule has 1 atom stereocenters. The van der Waals surface area contributed by atoms with E-state index in [1.54, 1.807) is 0 Å².